The number of hydrogen-bond donors (Lipinski definition) is 2. The van der Waals surface area contributed by atoms with Crippen LogP contribution < -0.4 is 5.32 Å². The van der Waals surface area contributed by atoms with Crippen LogP contribution in [0.5, 0.6) is 5.75 Å². The lowest BCUT2D eigenvalue weighted by molar-refractivity contribution is -0.113. The number of hydrogen-bond acceptors (Lipinski definition) is 6. The average molecular weight is 458 g/mol. The van der Waals surface area contributed by atoms with Gasteiger partial charge >= 0.3 is 0 Å². The van der Waals surface area contributed by atoms with Gasteiger partial charge in [-0.2, -0.15) is 5.26 Å². The zero-order chi connectivity index (χ0) is 20.1. The van der Waals surface area contributed by atoms with Crippen molar-refractivity contribution in [1.82, 2.24) is 14.8 Å². The molecule has 142 valence electrons. The molecule has 0 spiro atoms. The van der Waals surface area contributed by atoms with Crippen molar-refractivity contribution in [3.63, 3.8) is 0 Å². The third kappa shape index (κ3) is 4.35. The zero-order valence-electron chi connectivity index (χ0n) is 14.9. The first-order chi connectivity index (χ1) is 13.5. The molecule has 2 N–H and O–H groups in total. The van der Waals surface area contributed by atoms with Crippen LogP contribution in [0.3, 0.4) is 0 Å². The van der Waals surface area contributed by atoms with Crippen molar-refractivity contribution in [2.75, 3.05) is 11.1 Å². The molecule has 3 rings (SSSR count). The van der Waals surface area contributed by atoms with Crippen LogP contribution in [0.25, 0.3) is 11.4 Å². The van der Waals surface area contributed by atoms with Crippen LogP contribution >= 0.6 is 27.7 Å². The van der Waals surface area contributed by atoms with E-state index >= 15 is 0 Å². The van der Waals surface area contributed by atoms with E-state index in [9.17, 15) is 9.90 Å². The lowest BCUT2D eigenvalue weighted by Gasteiger charge is -2.09. The number of thioether (sulfide) groups is 1. The summed E-state index contributed by atoms with van der Waals surface area (Å²) in [6, 6.07) is 14.0. The average Bonchev–Trinajstić information content (AvgIpc) is 3.11. The molecule has 1 amide bonds. The predicted octanol–water partition coefficient (Wildman–Crippen LogP) is 4.04. The van der Waals surface area contributed by atoms with E-state index < -0.39 is 0 Å². The molecule has 0 aliphatic heterocycles. The normalized spacial score (nSPS) is 10.5. The number of para-hydroxylation sites is 1. The number of aromatic hydroxyl groups is 1. The fourth-order valence-corrected chi connectivity index (χ4v) is 3.74. The monoisotopic (exact) mass is 457 g/mol. The Morgan fingerprint density at radius 1 is 1.32 bits per heavy atom. The number of carbonyl (C=O) groups excluding carboxylic acids is 1. The second-order valence-corrected chi connectivity index (χ2v) is 7.56. The highest BCUT2D eigenvalue weighted by Crippen LogP contribution is 2.32. The van der Waals surface area contributed by atoms with E-state index in [1.807, 2.05) is 17.6 Å². The van der Waals surface area contributed by atoms with Gasteiger partial charge in [0.15, 0.2) is 11.0 Å². The first-order valence-corrected chi connectivity index (χ1v) is 10.1. The molecule has 0 saturated heterocycles. The number of rotatable bonds is 6. The quantitative estimate of drug-likeness (QED) is 0.541. The van der Waals surface area contributed by atoms with E-state index in [2.05, 4.69) is 31.4 Å². The fraction of sp³-hybridized carbons (Fsp3) is 0.158. The molecule has 0 radical (unpaired) electrons. The highest BCUT2D eigenvalue weighted by molar-refractivity contribution is 9.10. The van der Waals surface area contributed by atoms with Crippen molar-refractivity contribution in [2.24, 2.45) is 0 Å². The van der Waals surface area contributed by atoms with Gasteiger partial charge in [-0.25, -0.2) is 0 Å². The predicted molar refractivity (Wildman–Crippen MR) is 111 cm³/mol. The highest BCUT2D eigenvalue weighted by Gasteiger charge is 2.17. The highest BCUT2D eigenvalue weighted by atomic mass is 79.9. The maximum absolute atomic E-state index is 12.3. The molecular formula is C19H16BrN5O2S. The summed E-state index contributed by atoms with van der Waals surface area (Å²) in [5.74, 6) is 0.500. The number of nitrogens with one attached hydrogen (secondary N) is 1. The molecule has 0 fully saturated rings. The van der Waals surface area contributed by atoms with Gasteiger partial charge in [0.1, 0.15) is 11.8 Å². The van der Waals surface area contributed by atoms with Gasteiger partial charge in [-0.05, 0) is 37.3 Å². The Morgan fingerprint density at radius 3 is 2.86 bits per heavy atom. The summed E-state index contributed by atoms with van der Waals surface area (Å²) in [4.78, 5) is 12.3. The van der Waals surface area contributed by atoms with Gasteiger partial charge in [0.25, 0.3) is 0 Å². The summed E-state index contributed by atoms with van der Waals surface area (Å²) in [6.07, 6.45) is 0. The minimum Gasteiger partial charge on any atom is -0.507 e. The third-order valence-electron chi connectivity index (χ3n) is 3.89. The van der Waals surface area contributed by atoms with Crippen LogP contribution in [0.15, 0.2) is 52.1 Å². The molecule has 0 saturated carbocycles. The van der Waals surface area contributed by atoms with Crippen LogP contribution in [0.1, 0.15) is 12.5 Å². The summed E-state index contributed by atoms with van der Waals surface area (Å²) in [6.45, 7) is 2.52. The summed E-state index contributed by atoms with van der Waals surface area (Å²) >= 11 is 4.63. The molecule has 0 atom stereocenters. The number of benzene rings is 2. The van der Waals surface area contributed by atoms with Crippen molar-refractivity contribution < 1.29 is 9.90 Å². The largest absolute Gasteiger partial charge is 0.507 e. The molecule has 1 heterocycles. The Balaban J connectivity index is 1.75. The van der Waals surface area contributed by atoms with Gasteiger partial charge in [-0.15, -0.1) is 10.2 Å². The van der Waals surface area contributed by atoms with E-state index in [1.54, 1.807) is 42.5 Å². The molecule has 0 aliphatic rings. The number of halogens is 1. The SMILES string of the molecule is CCn1c(SCC(=O)Nc2ccccc2C#N)nnc1-c1cc(Br)ccc1O. The van der Waals surface area contributed by atoms with E-state index in [1.165, 1.54) is 11.8 Å². The molecule has 1 aromatic heterocycles. The lowest BCUT2D eigenvalue weighted by atomic mass is 10.2. The maximum atomic E-state index is 12.3. The zero-order valence-corrected chi connectivity index (χ0v) is 17.3. The van der Waals surface area contributed by atoms with Crippen molar-refractivity contribution in [2.45, 2.75) is 18.6 Å². The summed E-state index contributed by atoms with van der Waals surface area (Å²) in [7, 11) is 0. The number of anilines is 1. The van der Waals surface area contributed by atoms with Gasteiger partial charge in [0.2, 0.25) is 5.91 Å². The van der Waals surface area contributed by atoms with Crippen LogP contribution in [0.2, 0.25) is 0 Å². The van der Waals surface area contributed by atoms with Crippen LogP contribution in [0, 0.1) is 11.3 Å². The van der Waals surface area contributed by atoms with E-state index in [0.717, 1.165) is 4.47 Å². The smallest absolute Gasteiger partial charge is 0.234 e. The molecule has 0 unspecified atom stereocenters. The number of nitrogens with zero attached hydrogens (tertiary/aromatic N) is 4. The van der Waals surface area contributed by atoms with Crippen LogP contribution in [0.4, 0.5) is 5.69 Å². The second kappa shape index (κ2) is 8.91. The number of phenols is 1. The molecule has 2 aromatic carbocycles. The van der Waals surface area contributed by atoms with Crippen molar-refractivity contribution in [3.8, 4) is 23.2 Å². The van der Waals surface area contributed by atoms with Gasteiger partial charge < -0.3 is 15.0 Å². The molecule has 9 heteroatoms. The van der Waals surface area contributed by atoms with Crippen LogP contribution in [-0.2, 0) is 11.3 Å². The van der Waals surface area contributed by atoms with Gasteiger partial charge in [-0.3, -0.25) is 4.79 Å². The Hall–Kier alpha value is -2.83. The molecule has 28 heavy (non-hydrogen) atoms. The number of amides is 1. The third-order valence-corrected chi connectivity index (χ3v) is 5.35. The number of aromatic nitrogens is 3. The van der Waals surface area contributed by atoms with E-state index in [4.69, 9.17) is 5.26 Å². The summed E-state index contributed by atoms with van der Waals surface area (Å²) in [5, 5.41) is 30.9. The van der Waals surface area contributed by atoms with Crippen molar-refractivity contribution in [3.05, 3.63) is 52.5 Å². The van der Waals surface area contributed by atoms with Crippen molar-refractivity contribution in [1.29, 1.82) is 5.26 Å². The van der Waals surface area contributed by atoms with Crippen LogP contribution in [-0.4, -0.2) is 31.5 Å². The molecule has 3 aromatic rings. The second-order valence-electron chi connectivity index (χ2n) is 5.71. The summed E-state index contributed by atoms with van der Waals surface area (Å²) < 4.78 is 2.65. The lowest BCUT2D eigenvalue weighted by Crippen LogP contribution is -2.15. The summed E-state index contributed by atoms with van der Waals surface area (Å²) in [5.41, 5.74) is 1.44. The van der Waals surface area contributed by atoms with E-state index in [-0.39, 0.29) is 17.4 Å². The maximum Gasteiger partial charge on any atom is 0.234 e. The standard InChI is InChI=1S/C19H16BrN5O2S/c1-2-25-18(14-9-13(20)7-8-16(14)26)23-24-19(25)28-11-17(27)22-15-6-4-3-5-12(15)10-21/h3-9,26H,2,11H2,1H3,(H,22,27). The Morgan fingerprint density at radius 2 is 2.11 bits per heavy atom. The van der Waals surface area contributed by atoms with Gasteiger partial charge in [-0.1, -0.05) is 39.8 Å². The van der Waals surface area contributed by atoms with Gasteiger partial charge in [0.05, 0.1) is 22.6 Å². The Labute approximate surface area is 174 Å². The molecular weight excluding hydrogens is 442 g/mol. The minimum absolute atomic E-state index is 0.104. The van der Waals surface area contributed by atoms with Gasteiger partial charge in [0, 0.05) is 11.0 Å². The molecule has 0 bridgehead atoms. The Bertz CT molecular complexity index is 1060. The number of carbonyl (C=O) groups is 1. The fourth-order valence-electron chi connectivity index (χ4n) is 2.57. The molecule has 7 nitrogen and oxygen atoms in total. The first-order valence-electron chi connectivity index (χ1n) is 8.37. The number of phenolic OH excluding ortho intramolecular Hbond substituents is 1. The Kier molecular flexibility index (Phi) is 6.34. The first kappa shape index (κ1) is 19.9. The van der Waals surface area contributed by atoms with E-state index in [0.29, 0.717) is 34.3 Å². The topological polar surface area (TPSA) is 104 Å². The number of nitriles is 1. The molecule has 0 aliphatic carbocycles. The van der Waals surface area contributed by atoms with Crippen molar-refractivity contribution >= 4 is 39.3 Å². The minimum atomic E-state index is -0.245.